The summed E-state index contributed by atoms with van der Waals surface area (Å²) in [6, 6.07) is 0. The van der Waals surface area contributed by atoms with E-state index in [-0.39, 0.29) is 24.6 Å². The van der Waals surface area contributed by atoms with Crippen LogP contribution in [0.4, 0.5) is 4.79 Å². The van der Waals surface area contributed by atoms with Gasteiger partial charge in [0.2, 0.25) is 0 Å². The van der Waals surface area contributed by atoms with Gasteiger partial charge < -0.3 is 43.4 Å². The van der Waals surface area contributed by atoms with Crippen LogP contribution in [0, 0.1) is 0 Å². The number of ether oxygens (including phenoxy) is 7. The summed E-state index contributed by atoms with van der Waals surface area (Å²) in [5.74, 6) is 1.04. The first kappa shape index (κ1) is 70.1. The molecule has 1 N–H and O–H groups in total. The lowest BCUT2D eigenvalue weighted by atomic mass is 10.1. The van der Waals surface area contributed by atoms with Gasteiger partial charge in [0.15, 0.2) is 12.6 Å². The Kier molecular flexibility index (Phi) is 49.1. The number of rotatable bonds is 57. The fraction of sp³-hybridized carbons (Fsp3) is 0.937. The smallest absolute Gasteiger partial charge is 0.407 e. The minimum Gasteiger partial charge on any atom is -0.498 e. The molecule has 1 aliphatic rings. The molecule has 0 bridgehead atoms. The van der Waals surface area contributed by atoms with E-state index in [0.717, 1.165) is 129 Å². The van der Waals surface area contributed by atoms with Crippen LogP contribution in [0.25, 0.3) is 0 Å². The maximum Gasteiger partial charge on any atom is 0.407 e. The molecule has 0 aromatic carbocycles. The first-order valence-electron chi connectivity index (χ1n) is 31.8. The molecule has 74 heavy (non-hydrogen) atoms. The number of hydrogen-bond acceptors (Lipinski definition) is 10. The van der Waals surface area contributed by atoms with Crippen molar-refractivity contribution >= 4 is 12.1 Å². The Morgan fingerprint density at radius 3 is 1.20 bits per heavy atom. The Morgan fingerprint density at radius 1 is 0.446 bits per heavy atom. The summed E-state index contributed by atoms with van der Waals surface area (Å²) in [6.07, 6.45) is 43.5. The number of amides is 1. The van der Waals surface area contributed by atoms with Crippen molar-refractivity contribution in [3.63, 3.8) is 0 Å². The third kappa shape index (κ3) is 48.5. The molecule has 1 aliphatic carbocycles. The first-order valence-corrected chi connectivity index (χ1v) is 31.8. The van der Waals surface area contributed by atoms with Gasteiger partial charge in [0.05, 0.1) is 25.4 Å². The van der Waals surface area contributed by atoms with Gasteiger partial charge in [0, 0.05) is 52.2 Å². The van der Waals surface area contributed by atoms with Crippen molar-refractivity contribution < 1.29 is 42.7 Å². The van der Waals surface area contributed by atoms with E-state index in [1.165, 1.54) is 159 Å². The van der Waals surface area contributed by atoms with Crippen molar-refractivity contribution in [1.29, 1.82) is 0 Å². The van der Waals surface area contributed by atoms with Gasteiger partial charge in [-0.2, -0.15) is 0 Å². The number of nitrogens with one attached hydrogen (secondary N) is 1. The van der Waals surface area contributed by atoms with Gasteiger partial charge in [-0.25, -0.2) is 4.79 Å². The van der Waals surface area contributed by atoms with Gasteiger partial charge in [-0.3, -0.25) is 4.79 Å². The number of nitrogens with zero attached hydrogens (tertiary/aromatic N) is 1. The van der Waals surface area contributed by atoms with Crippen LogP contribution in [0.3, 0.4) is 0 Å². The molecular formula is C63H122N2O9. The van der Waals surface area contributed by atoms with Crippen molar-refractivity contribution in [1.82, 2.24) is 10.2 Å². The second-order valence-corrected chi connectivity index (χ2v) is 22.5. The maximum atomic E-state index is 12.7. The monoisotopic (exact) mass is 1050 g/mol. The minimum absolute atomic E-state index is 0.144. The van der Waals surface area contributed by atoms with Crippen LogP contribution in [0.15, 0.2) is 11.3 Å². The molecule has 438 valence electrons. The summed E-state index contributed by atoms with van der Waals surface area (Å²) in [4.78, 5) is 27.6. The zero-order chi connectivity index (χ0) is 53.8. The molecule has 11 nitrogen and oxygen atoms in total. The highest BCUT2D eigenvalue weighted by Crippen LogP contribution is 2.34. The third-order valence-electron chi connectivity index (χ3n) is 13.9. The fourth-order valence-electron chi connectivity index (χ4n) is 9.17. The van der Waals surface area contributed by atoms with Gasteiger partial charge in [-0.1, -0.05) is 182 Å². The van der Waals surface area contributed by atoms with Gasteiger partial charge in [0.1, 0.15) is 5.60 Å². The summed E-state index contributed by atoms with van der Waals surface area (Å²) >= 11 is 0. The predicted molar refractivity (Wildman–Crippen MR) is 309 cm³/mol. The number of unbranched alkanes of at least 4 members (excludes halogenated alkanes) is 26. The number of carbonyl (C=O) groups excluding carboxylic acids is 2. The predicted octanol–water partition coefficient (Wildman–Crippen LogP) is 17.7. The minimum atomic E-state index is -0.505. The van der Waals surface area contributed by atoms with E-state index >= 15 is 0 Å². The normalized spacial score (nSPS) is 12.6. The highest BCUT2D eigenvalue weighted by atomic mass is 16.7. The quantitative estimate of drug-likeness (QED) is 0.0273. The Hall–Kier alpha value is -1.92. The molecule has 0 aromatic rings. The topological polar surface area (TPSA) is 114 Å². The maximum absolute atomic E-state index is 12.7. The molecule has 1 amide bonds. The number of carbonyl (C=O) groups is 2. The van der Waals surface area contributed by atoms with Gasteiger partial charge in [0.25, 0.3) is 0 Å². The largest absolute Gasteiger partial charge is 0.498 e. The lowest BCUT2D eigenvalue weighted by molar-refractivity contribution is -0.159. The molecule has 0 heterocycles. The van der Waals surface area contributed by atoms with Gasteiger partial charge in [-0.05, 0) is 117 Å². The number of hydrogen-bond donors (Lipinski definition) is 1. The van der Waals surface area contributed by atoms with E-state index in [1.807, 2.05) is 20.8 Å². The van der Waals surface area contributed by atoms with E-state index in [2.05, 4.69) is 37.9 Å². The zero-order valence-electron chi connectivity index (χ0n) is 49.9. The average Bonchev–Trinajstić information content (AvgIpc) is 4.23. The Labute approximate surface area is 457 Å². The lowest BCUT2D eigenvalue weighted by Crippen LogP contribution is -2.35. The van der Waals surface area contributed by atoms with Crippen LogP contribution in [0.1, 0.15) is 299 Å². The highest BCUT2D eigenvalue weighted by Gasteiger charge is 2.21. The van der Waals surface area contributed by atoms with E-state index in [9.17, 15) is 9.59 Å². The van der Waals surface area contributed by atoms with Crippen LogP contribution in [-0.2, 0) is 38.0 Å². The van der Waals surface area contributed by atoms with Crippen molar-refractivity contribution in [3.8, 4) is 0 Å². The molecule has 0 unspecified atom stereocenters. The highest BCUT2D eigenvalue weighted by molar-refractivity contribution is 5.69. The van der Waals surface area contributed by atoms with Crippen LogP contribution >= 0.6 is 0 Å². The van der Waals surface area contributed by atoms with Crippen LogP contribution < -0.4 is 5.32 Å². The lowest BCUT2D eigenvalue weighted by Gasteiger charge is -2.23. The van der Waals surface area contributed by atoms with Crippen molar-refractivity contribution in [3.05, 3.63) is 11.3 Å². The average molecular weight is 1050 g/mol. The third-order valence-corrected chi connectivity index (χ3v) is 13.9. The first-order chi connectivity index (χ1) is 36.1. The molecule has 0 atom stereocenters. The van der Waals surface area contributed by atoms with Crippen LogP contribution in [-0.4, -0.2) is 101 Å². The molecule has 11 heteroatoms. The summed E-state index contributed by atoms with van der Waals surface area (Å²) < 4.78 is 42.6. The number of alkyl carbamates (subject to hydrolysis) is 1. The second kappa shape index (κ2) is 51.8. The SMILES string of the molecule is CCCCCCCCOC(CCC(=O)OCCCCCCN(CCCCCCOC(CCC(OCCCCCCCC)OCCCCCCCC)=C1CC1)CCCNC(=O)OC(C)(C)C)OCCCCCCCC. The van der Waals surface area contributed by atoms with E-state index in [1.54, 1.807) is 0 Å². The molecule has 1 rings (SSSR count). The summed E-state index contributed by atoms with van der Waals surface area (Å²) in [5, 5.41) is 2.94. The summed E-state index contributed by atoms with van der Waals surface area (Å²) in [5.41, 5.74) is 0.982. The van der Waals surface area contributed by atoms with Crippen LogP contribution in [0.2, 0.25) is 0 Å². The molecule has 0 aliphatic heterocycles. The molecule has 0 saturated heterocycles. The van der Waals surface area contributed by atoms with E-state index < -0.39 is 5.60 Å². The Balaban J connectivity index is 2.50. The van der Waals surface area contributed by atoms with Gasteiger partial charge in [-0.15, -0.1) is 0 Å². The number of esters is 1. The number of allylic oxidation sites excluding steroid dienone is 2. The van der Waals surface area contributed by atoms with E-state index in [0.29, 0.717) is 39.2 Å². The van der Waals surface area contributed by atoms with Crippen molar-refractivity contribution in [2.75, 3.05) is 65.8 Å². The van der Waals surface area contributed by atoms with Gasteiger partial charge >= 0.3 is 12.1 Å². The molecule has 0 radical (unpaired) electrons. The molecule has 0 aromatic heterocycles. The molecule has 1 fully saturated rings. The molecule has 0 spiro atoms. The van der Waals surface area contributed by atoms with Crippen LogP contribution in [0.5, 0.6) is 0 Å². The standard InChI is InChI=1S/C63H122N2O9/c1-8-12-16-20-26-36-53-70-60(71-54-37-27-21-17-13-9-2)45-43-58(57-41-42-57)68-51-34-30-24-32-48-65(50-40-47-64-62(67)74-63(5,6)7)49-33-25-31-35-52-69-59(66)44-46-61(72-55-38-28-22-18-14-10-3)73-56-39-29-23-19-15-11-4/h60-61H,8-56H2,1-7H3,(H,64,67). The molecule has 1 saturated carbocycles. The Bertz CT molecular complexity index is 1230. The van der Waals surface area contributed by atoms with Crippen molar-refractivity contribution in [2.24, 2.45) is 0 Å². The van der Waals surface area contributed by atoms with E-state index in [4.69, 9.17) is 33.2 Å². The Morgan fingerprint density at radius 2 is 0.797 bits per heavy atom. The van der Waals surface area contributed by atoms with Crippen molar-refractivity contribution in [2.45, 2.75) is 317 Å². The second-order valence-electron chi connectivity index (χ2n) is 22.5. The zero-order valence-corrected chi connectivity index (χ0v) is 49.9. The fourth-order valence-corrected chi connectivity index (χ4v) is 9.17. The summed E-state index contributed by atoms with van der Waals surface area (Å²) in [6.45, 7) is 22.5. The summed E-state index contributed by atoms with van der Waals surface area (Å²) in [7, 11) is 0. The molecular weight excluding hydrogens is 929 g/mol.